The highest BCUT2D eigenvalue weighted by Crippen LogP contribution is 2.23. The first kappa shape index (κ1) is 14.0. The van der Waals surface area contributed by atoms with E-state index >= 15 is 0 Å². The van der Waals surface area contributed by atoms with Crippen molar-refractivity contribution in [3.8, 4) is 0 Å². The fourth-order valence-corrected chi connectivity index (χ4v) is 2.82. The summed E-state index contributed by atoms with van der Waals surface area (Å²) in [5.41, 5.74) is 0.798. The summed E-state index contributed by atoms with van der Waals surface area (Å²) in [7, 11) is 0. The van der Waals surface area contributed by atoms with Gasteiger partial charge in [-0.05, 0) is 80.1 Å². The van der Waals surface area contributed by atoms with Crippen LogP contribution in [0, 0.1) is 3.57 Å². The molecule has 1 aromatic rings. The first-order valence-electron chi connectivity index (χ1n) is 6.53. The minimum absolute atomic E-state index is 0.320. The molecule has 1 fully saturated rings. The Labute approximate surface area is 123 Å². The number of rotatable bonds is 4. The Balaban J connectivity index is 2.04. The van der Waals surface area contributed by atoms with Crippen LogP contribution in [0.3, 0.4) is 0 Å². The van der Waals surface area contributed by atoms with E-state index in [-0.39, 0.29) is 5.54 Å². The van der Waals surface area contributed by atoms with Gasteiger partial charge in [-0.25, -0.2) is 0 Å². The van der Waals surface area contributed by atoms with Crippen LogP contribution in [0.5, 0.6) is 0 Å². The number of hydrogen-bond donors (Lipinski definition) is 0. The van der Waals surface area contributed by atoms with Crippen LogP contribution in [0.2, 0.25) is 0 Å². The quantitative estimate of drug-likeness (QED) is 0.771. The number of carbonyl (C=O) groups excluding carboxylic acids is 1. The number of halogens is 1. The van der Waals surface area contributed by atoms with E-state index in [2.05, 4.69) is 65.6 Å². The van der Waals surface area contributed by atoms with E-state index in [9.17, 15) is 4.79 Å². The normalized spacial score (nSPS) is 17.1. The number of ketones is 1. The van der Waals surface area contributed by atoms with Gasteiger partial charge in [0.05, 0.1) is 5.54 Å². The summed E-state index contributed by atoms with van der Waals surface area (Å²) in [5.74, 6) is 0.325. The highest BCUT2D eigenvalue weighted by Gasteiger charge is 2.35. The molecule has 0 atom stereocenters. The van der Waals surface area contributed by atoms with Gasteiger partial charge in [0.25, 0.3) is 0 Å². The molecule has 2 nitrogen and oxygen atoms in total. The maximum absolute atomic E-state index is 12.5. The van der Waals surface area contributed by atoms with Gasteiger partial charge in [-0.3, -0.25) is 9.69 Å². The molecule has 2 rings (SSSR count). The average Bonchev–Trinajstić information content (AvgIpc) is 2.86. The highest BCUT2D eigenvalue weighted by molar-refractivity contribution is 14.1. The Morgan fingerprint density at radius 2 is 1.78 bits per heavy atom. The number of likely N-dealkylation sites (tertiary alicyclic amines) is 1. The maximum Gasteiger partial charge on any atom is 0.156 e. The van der Waals surface area contributed by atoms with Gasteiger partial charge in [-0.2, -0.15) is 0 Å². The maximum atomic E-state index is 12.5. The predicted octanol–water partition coefficient (Wildman–Crippen LogP) is 3.28. The van der Waals surface area contributed by atoms with Crippen molar-refractivity contribution < 1.29 is 4.79 Å². The lowest BCUT2D eigenvalue weighted by atomic mass is 9.92. The van der Waals surface area contributed by atoms with E-state index in [4.69, 9.17) is 0 Å². The molecule has 1 saturated heterocycles. The Bertz CT molecular complexity index is 419. The molecule has 0 bridgehead atoms. The molecule has 1 aliphatic heterocycles. The van der Waals surface area contributed by atoms with Crippen LogP contribution in [0.1, 0.15) is 32.3 Å². The lowest BCUT2D eigenvalue weighted by molar-refractivity contribution is -0.128. The minimum Gasteiger partial charge on any atom is -0.297 e. The molecule has 0 unspecified atom stereocenters. The predicted molar refractivity (Wildman–Crippen MR) is 82.8 cm³/mol. The van der Waals surface area contributed by atoms with Crippen molar-refractivity contribution in [1.29, 1.82) is 0 Å². The van der Waals surface area contributed by atoms with Crippen molar-refractivity contribution in [2.45, 2.75) is 38.6 Å². The van der Waals surface area contributed by atoms with Crippen LogP contribution in [0.25, 0.3) is 0 Å². The van der Waals surface area contributed by atoms with Gasteiger partial charge in [-0.1, -0.05) is 12.1 Å². The number of carbonyl (C=O) groups is 1. The lowest BCUT2D eigenvalue weighted by Crippen LogP contribution is -2.49. The fourth-order valence-electron chi connectivity index (χ4n) is 2.46. The van der Waals surface area contributed by atoms with Crippen molar-refractivity contribution in [2.24, 2.45) is 0 Å². The first-order chi connectivity index (χ1) is 8.50. The summed E-state index contributed by atoms with van der Waals surface area (Å²) in [6, 6.07) is 8.23. The van der Waals surface area contributed by atoms with Crippen LogP contribution in [0.15, 0.2) is 24.3 Å². The molecular weight excluding hydrogens is 337 g/mol. The standard InChI is InChI=1S/C15H20INO/c1-15(2,17-9-3-4-10-17)14(18)11-12-5-7-13(16)8-6-12/h5-8H,3-4,9-11H2,1-2H3. The molecule has 0 saturated carbocycles. The third kappa shape index (κ3) is 3.12. The SMILES string of the molecule is CC(C)(C(=O)Cc1ccc(I)cc1)N1CCCC1. The molecule has 18 heavy (non-hydrogen) atoms. The number of benzene rings is 1. The second kappa shape index (κ2) is 5.70. The zero-order valence-electron chi connectivity index (χ0n) is 11.1. The van der Waals surface area contributed by atoms with Gasteiger partial charge >= 0.3 is 0 Å². The zero-order chi connectivity index (χ0) is 13.2. The van der Waals surface area contributed by atoms with Gasteiger partial charge in [0.15, 0.2) is 5.78 Å². The summed E-state index contributed by atoms with van der Waals surface area (Å²) in [5, 5.41) is 0. The number of hydrogen-bond acceptors (Lipinski definition) is 2. The lowest BCUT2D eigenvalue weighted by Gasteiger charge is -2.34. The van der Waals surface area contributed by atoms with Crippen LogP contribution in [-0.2, 0) is 11.2 Å². The zero-order valence-corrected chi connectivity index (χ0v) is 13.2. The molecule has 3 heteroatoms. The van der Waals surface area contributed by atoms with Gasteiger partial charge in [0, 0.05) is 9.99 Å². The molecule has 1 aromatic carbocycles. The molecule has 1 heterocycles. The van der Waals surface area contributed by atoms with Crippen LogP contribution >= 0.6 is 22.6 Å². The van der Waals surface area contributed by atoms with E-state index in [1.54, 1.807) is 0 Å². The number of Topliss-reactive ketones (excluding diaryl/α,β-unsaturated/α-hetero) is 1. The van der Waals surface area contributed by atoms with Crippen LogP contribution < -0.4 is 0 Å². The Morgan fingerprint density at radius 1 is 1.22 bits per heavy atom. The van der Waals surface area contributed by atoms with Gasteiger partial charge in [0.1, 0.15) is 0 Å². The van der Waals surface area contributed by atoms with Gasteiger partial charge in [-0.15, -0.1) is 0 Å². The first-order valence-corrected chi connectivity index (χ1v) is 7.61. The minimum atomic E-state index is -0.320. The second-order valence-electron chi connectivity index (χ2n) is 5.48. The molecule has 0 aromatic heterocycles. The molecule has 0 radical (unpaired) electrons. The monoisotopic (exact) mass is 357 g/mol. The largest absolute Gasteiger partial charge is 0.297 e. The molecule has 0 spiro atoms. The molecule has 98 valence electrons. The third-order valence-corrected chi connectivity index (χ3v) is 4.58. The van der Waals surface area contributed by atoms with Gasteiger partial charge < -0.3 is 0 Å². The van der Waals surface area contributed by atoms with E-state index in [0.29, 0.717) is 12.2 Å². The van der Waals surface area contributed by atoms with Crippen molar-refractivity contribution in [1.82, 2.24) is 4.90 Å². The summed E-state index contributed by atoms with van der Waals surface area (Å²) < 4.78 is 1.21. The molecule has 0 N–H and O–H groups in total. The summed E-state index contributed by atoms with van der Waals surface area (Å²) >= 11 is 2.28. The van der Waals surface area contributed by atoms with E-state index in [1.165, 1.54) is 16.4 Å². The summed E-state index contributed by atoms with van der Waals surface area (Å²) in [4.78, 5) is 14.8. The Kier molecular flexibility index (Phi) is 4.43. The average molecular weight is 357 g/mol. The van der Waals surface area contributed by atoms with Crippen molar-refractivity contribution in [2.75, 3.05) is 13.1 Å². The van der Waals surface area contributed by atoms with E-state index < -0.39 is 0 Å². The topological polar surface area (TPSA) is 20.3 Å². The van der Waals surface area contributed by atoms with Crippen LogP contribution in [0.4, 0.5) is 0 Å². The summed E-state index contributed by atoms with van der Waals surface area (Å²) in [6.07, 6.45) is 2.99. The Hall–Kier alpha value is -0.420. The fraction of sp³-hybridized carbons (Fsp3) is 0.533. The van der Waals surface area contributed by atoms with E-state index in [1.807, 2.05) is 0 Å². The smallest absolute Gasteiger partial charge is 0.156 e. The molecular formula is C15H20INO. The van der Waals surface area contributed by atoms with Crippen molar-refractivity contribution in [3.63, 3.8) is 0 Å². The molecule has 0 aliphatic carbocycles. The molecule has 1 aliphatic rings. The molecule has 0 amide bonds. The number of nitrogens with zero attached hydrogens (tertiary/aromatic N) is 1. The van der Waals surface area contributed by atoms with Gasteiger partial charge in [0.2, 0.25) is 0 Å². The van der Waals surface area contributed by atoms with Crippen molar-refractivity contribution in [3.05, 3.63) is 33.4 Å². The second-order valence-corrected chi connectivity index (χ2v) is 6.73. The van der Waals surface area contributed by atoms with Crippen molar-refractivity contribution >= 4 is 28.4 Å². The Morgan fingerprint density at radius 3 is 2.33 bits per heavy atom. The van der Waals surface area contributed by atoms with E-state index in [0.717, 1.165) is 18.7 Å². The third-order valence-electron chi connectivity index (χ3n) is 3.86. The van der Waals surface area contributed by atoms with Crippen LogP contribution in [-0.4, -0.2) is 29.3 Å². The highest BCUT2D eigenvalue weighted by atomic mass is 127. The summed E-state index contributed by atoms with van der Waals surface area (Å²) in [6.45, 7) is 6.25.